The van der Waals surface area contributed by atoms with E-state index in [0.29, 0.717) is 11.1 Å². The predicted molar refractivity (Wildman–Crippen MR) is 77.6 cm³/mol. The number of hydrogen-bond donors (Lipinski definition) is 0. The summed E-state index contributed by atoms with van der Waals surface area (Å²) in [7, 11) is -3.46. The fourth-order valence-corrected chi connectivity index (χ4v) is 3.17. The lowest BCUT2D eigenvalue weighted by Gasteiger charge is -2.06. The number of ketones is 1. The number of aromatic nitrogens is 1. The third-order valence-electron chi connectivity index (χ3n) is 3.10. The highest BCUT2D eigenvalue weighted by atomic mass is 32.2. The molecule has 0 unspecified atom stereocenters. The van der Waals surface area contributed by atoms with Gasteiger partial charge in [0.05, 0.1) is 22.3 Å². The lowest BCUT2D eigenvalue weighted by molar-refractivity contribution is 0.101. The minimum Gasteiger partial charge on any atom is -0.352 e. The van der Waals surface area contributed by atoms with Gasteiger partial charge in [0.25, 0.3) is 0 Å². The first-order valence-electron chi connectivity index (χ1n) is 6.32. The molecular weight excluding hydrogens is 288 g/mol. The number of sulfone groups is 1. The molecule has 0 N–H and O–H groups in total. The van der Waals surface area contributed by atoms with Crippen molar-refractivity contribution in [2.45, 2.75) is 18.4 Å². The van der Waals surface area contributed by atoms with Crippen molar-refractivity contribution in [2.75, 3.05) is 5.75 Å². The first-order valence-corrected chi connectivity index (χ1v) is 7.97. The topological polar surface area (TPSA) is 79.9 Å². The first-order chi connectivity index (χ1) is 9.92. The summed E-state index contributed by atoms with van der Waals surface area (Å²) >= 11 is 0. The largest absolute Gasteiger partial charge is 0.352 e. The zero-order valence-corrected chi connectivity index (χ0v) is 12.3. The molecule has 1 aromatic heterocycles. The molecule has 0 atom stereocenters. The molecular formula is C15H14N2O3S. The van der Waals surface area contributed by atoms with Crippen molar-refractivity contribution in [3.05, 3.63) is 53.9 Å². The third-order valence-corrected chi connectivity index (χ3v) is 4.79. The molecule has 0 aliphatic rings. The molecule has 0 fully saturated rings. The second-order valence-electron chi connectivity index (χ2n) is 4.65. The zero-order valence-electron chi connectivity index (χ0n) is 11.5. The van der Waals surface area contributed by atoms with E-state index in [2.05, 4.69) is 0 Å². The summed E-state index contributed by atoms with van der Waals surface area (Å²) in [6.07, 6.45) is 3.31. The molecule has 0 saturated heterocycles. The van der Waals surface area contributed by atoms with E-state index in [1.165, 1.54) is 19.1 Å². The Bertz CT molecular complexity index is 813. The van der Waals surface area contributed by atoms with Gasteiger partial charge in [-0.1, -0.05) is 6.07 Å². The second-order valence-corrected chi connectivity index (χ2v) is 6.76. The molecule has 108 valence electrons. The van der Waals surface area contributed by atoms with Crippen molar-refractivity contribution < 1.29 is 13.2 Å². The summed E-state index contributed by atoms with van der Waals surface area (Å²) in [5, 5.41) is 8.81. The van der Waals surface area contributed by atoms with Crippen LogP contribution in [0.2, 0.25) is 0 Å². The van der Waals surface area contributed by atoms with E-state index in [1.807, 2.05) is 6.07 Å². The van der Waals surface area contributed by atoms with Gasteiger partial charge in [0.2, 0.25) is 0 Å². The van der Waals surface area contributed by atoms with Crippen LogP contribution in [0.5, 0.6) is 0 Å². The number of carbonyl (C=O) groups excluding carboxylic acids is 1. The van der Waals surface area contributed by atoms with Gasteiger partial charge < -0.3 is 4.57 Å². The average Bonchev–Trinajstić information content (AvgIpc) is 2.94. The maximum absolute atomic E-state index is 12.2. The zero-order chi connectivity index (χ0) is 15.5. The molecule has 6 heteroatoms. The fraction of sp³-hybridized carbons (Fsp3) is 0.200. The Kier molecular flexibility index (Phi) is 4.24. The Morgan fingerprint density at radius 1 is 1.33 bits per heavy atom. The Morgan fingerprint density at radius 2 is 2.10 bits per heavy atom. The van der Waals surface area contributed by atoms with Crippen LogP contribution in [0.3, 0.4) is 0 Å². The van der Waals surface area contributed by atoms with Gasteiger partial charge in [-0.2, -0.15) is 5.26 Å². The minimum absolute atomic E-state index is 0.0571. The molecule has 21 heavy (non-hydrogen) atoms. The molecule has 1 aromatic carbocycles. The number of Topliss-reactive ketones (excluding diaryl/α,β-unsaturated/α-hetero) is 1. The Morgan fingerprint density at radius 3 is 2.71 bits per heavy atom. The third kappa shape index (κ3) is 3.58. The van der Waals surface area contributed by atoms with Crippen LogP contribution >= 0.6 is 0 Å². The number of carbonyl (C=O) groups is 1. The minimum atomic E-state index is -3.46. The molecule has 0 bridgehead atoms. The molecule has 0 aliphatic heterocycles. The van der Waals surface area contributed by atoms with Crippen molar-refractivity contribution in [3.8, 4) is 6.07 Å². The maximum atomic E-state index is 12.2. The summed E-state index contributed by atoms with van der Waals surface area (Å²) < 4.78 is 26.1. The highest BCUT2D eigenvalue weighted by Gasteiger charge is 2.15. The van der Waals surface area contributed by atoms with E-state index >= 15 is 0 Å². The van der Waals surface area contributed by atoms with Crippen LogP contribution in [0, 0.1) is 11.3 Å². The van der Waals surface area contributed by atoms with E-state index in [-0.39, 0.29) is 23.0 Å². The van der Waals surface area contributed by atoms with Crippen LogP contribution in [0.1, 0.15) is 22.8 Å². The highest BCUT2D eigenvalue weighted by molar-refractivity contribution is 7.91. The number of benzene rings is 1. The van der Waals surface area contributed by atoms with E-state index in [4.69, 9.17) is 5.26 Å². The van der Waals surface area contributed by atoms with E-state index < -0.39 is 9.84 Å². The summed E-state index contributed by atoms with van der Waals surface area (Å²) in [4.78, 5) is 11.3. The van der Waals surface area contributed by atoms with E-state index in [0.717, 1.165) is 0 Å². The Hall–Kier alpha value is -2.39. The molecule has 0 saturated carbocycles. The molecule has 0 radical (unpaired) electrons. The predicted octanol–water partition coefficient (Wildman–Crippen LogP) is 2.04. The van der Waals surface area contributed by atoms with Gasteiger partial charge in [-0.25, -0.2) is 8.42 Å². The molecule has 2 rings (SSSR count). The SMILES string of the molecule is CC(=O)c1ccn(CCS(=O)(=O)c2cccc(C#N)c2)c1. The number of rotatable bonds is 5. The van der Waals surface area contributed by atoms with Gasteiger partial charge in [0.1, 0.15) is 0 Å². The quantitative estimate of drug-likeness (QED) is 0.792. The fourth-order valence-electron chi connectivity index (χ4n) is 1.89. The van der Waals surface area contributed by atoms with Gasteiger partial charge in [0.15, 0.2) is 15.6 Å². The van der Waals surface area contributed by atoms with Crippen LogP contribution in [0.25, 0.3) is 0 Å². The second kappa shape index (κ2) is 5.94. The number of aryl methyl sites for hydroxylation is 1. The maximum Gasteiger partial charge on any atom is 0.180 e. The number of nitriles is 1. The van der Waals surface area contributed by atoms with Crippen molar-refractivity contribution in [3.63, 3.8) is 0 Å². The molecule has 2 aromatic rings. The van der Waals surface area contributed by atoms with Gasteiger partial charge >= 0.3 is 0 Å². The molecule has 0 amide bonds. The molecule has 0 spiro atoms. The summed E-state index contributed by atoms with van der Waals surface area (Å²) in [6.45, 7) is 1.72. The normalized spacial score (nSPS) is 11.0. The van der Waals surface area contributed by atoms with Gasteiger partial charge in [0, 0.05) is 24.5 Å². The van der Waals surface area contributed by atoms with E-state index in [9.17, 15) is 13.2 Å². The lowest BCUT2D eigenvalue weighted by Crippen LogP contribution is -2.12. The van der Waals surface area contributed by atoms with Crippen LogP contribution in [-0.2, 0) is 16.4 Å². The van der Waals surface area contributed by atoms with Crippen molar-refractivity contribution in [1.29, 1.82) is 5.26 Å². The first kappa shape index (κ1) is 15.0. The van der Waals surface area contributed by atoms with Crippen LogP contribution in [-0.4, -0.2) is 24.5 Å². The molecule has 0 aliphatic carbocycles. The smallest absolute Gasteiger partial charge is 0.180 e. The molecule has 1 heterocycles. The van der Waals surface area contributed by atoms with Crippen molar-refractivity contribution >= 4 is 15.6 Å². The lowest BCUT2D eigenvalue weighted by atomic mass is 10.2. The summed E-state index contributed by atoms with van der Waals surface area (Å²) in [5.74, 6) is -0.146. The summed E-state index contributed by atoms with van der Waals surface area (Å²) in [6, 6.07) is 9.54. The van der Waals surface area contributed by atoms with E-state index in [1.54, 1.807) is 35.2 Å². The van der Waals surface area contributed by atoms with Gasteiger partial charge in [-0.15, -0.1) is 0 Å². The van der Waals surface area contributed by atoms with Gasteiger partial charge in [-0.05, 0) is 31.2 Å². The molecule has 5 nitrogen and oxygen atoms in total. The van der Waals surface area contributed by atoms with Crippen molar-refractivity contribution in [1.82, 2.24) is 4.57 Å². The van der Waals surface area contributed by atoms with Crippen LogP contribution in [0.4, 0.5) is 0 Å². The monoisotopic (exact) mass is 302 g/mol. The number of hydrogen-bond acceptors (Lipinski definition) is 4. The highest BCUT2D eigenvalue weighted by Crippen LogP contribution is 2.14. The van der Waals surface area contributed by atoms with Gasteiger partial charge in [-0.3, -0.25) is 4.79 Å². The summed E-state index contributed by atoms with van der Waals surface area (Å²) in [5.41, 5.74) is 0.870. The van der Waals surface area contributed by atoms with Crippen molar-refractivity contribution in [2.24, 2.45) is 0 Å². The Labute approximate surface area is 123 Å². The average molecular weight is 302 g/mol. The van der Waals surface area contributed by atoms with Crippen LogP contribution in [0.15, 0.2) is 47.6 Å². The standard InChI is InChI=1S/C15H14N2O3S/c1-12(18)14-5-6-17(11-14)7-8-21(19,20)15-4-2-3-13(9-15)10-16/h2-6,9,11H,7-8H2,1H3. The Balaban J connectivity index is 2.13. The number of nitrogens with zero attached hydrogens (tertiary/aromatic N) is 2. The van der Waals surface area contributed by atoms with Crippen LogP contribution < -0.4 is 0 Å².